The number of para-hydroxylation sites is 1. The van der Waals surface area contributed by atoms with Crippen LogP contribution in [0.2, 0.25) is 0 Å². The summed E-state index contributed by atoms with van der Waals surface area (Å²) < 4.78 is 5.96. The van der Waals surface area contributed by atoms with E-state index < -0.39 is 0 Å². The third-order valence-electron chi connectivity index (χ3n) is 4.19. The van der Waals surface area contributed by atoms with Gasteiger partial charge >= 0.3 is 0 Å². The molecule has 118 valence electrons. The van der Waals surface area contributed by atoms with Gasteiger partial charge in [-0.2, -0.15) is 0 Å². The summed E-state index contributed by atoms with van der Waals surface area (Å²) in [7, 11) is 0. The van der Waals surface area contributed by atoms with Crippen LogP contribution in [0.3, 0.4) is 0 Å². The average Bonchev–Trinajstić information content (AvgIpc) is 3.04. The lowest BCUT2D eigenvalue weighted by Crippen LogP contribution is -2.23. The van der Waals surface area contributed by atoms with E-state index in [2.05, 4.69) is 30.0 Å². The first kappa shape index (κ1) is 18.3. The summed E-state index contributed by atoms with van der Waals surface area (Å²) in [5, 5.41) is 1.27. The first-order valence-electron chi connectivity index (χ1n) is 7.23. The molecule has 0 amide bonds. The van der Waals surface area contributed by atoms with E-state index in [1.165, 1.54) is 17.4 Å². The SMILES string of the molecule is CCc1oc2ccccc2c1CN1CCC(CN)C1.Cl.Cl. The van der Waals surface area contributed by atoms with E-state index in [-0.39, 0.29) is 24.8 Å². The van der Waals surface area contributed by atoms with Gasteiger partial charge in [0.2, 0.25) is 0 Å². The molecule has 2 N–H and O–H groups in total. The minimum absolute atomic E-state index is 0. The molecule has 5 heteroatoms. The van der Waals surface area contributed by atoms with Gasteiger partial charge in [-0.1, -0.05) is 25.1 Å². The average molecular weight is 331 g/mol. The predicted octanol–water partition coefficient (Wildman–Crippen LogP) is 3.62. The second-order valence-corrected chi connectivity index (χ2v) is 5.48. The molecule has 0 aliphatic carbocycles. The van der Waals surface area contributed by atoms with Gasteiger partial charge in [0.15, 0.2) is 0 Å². The van der Waals surface area contributed by atoms with Crippen LogP contribution >= 0.6 is 24.8 Å². The fraction of sp³-hybridized carbons (Fsp3) is 0.500. The Bertz CT molecular complexity index is 570. The second-order valence-electron chi connectivity index (χ2n) is 5.48. The van der Waals surface area contributed by atoms with Crippen molar-refractivity contribution in [2.24, 2.45) is 11.7 Å². The van der Waals surface area contributed by atoms with Crippen molar-refractivity contribution in [2.75, 3.05) is 19.6 Å². The standard InChI is InChI=1S/C16H22N2O.2ClH/c1-2-15-14(11-18-8-7-12(9-17)10-18)13-5-3-4-6-16(13)19-15;;/h3-6,12H,2,7-11,17H2,1H3;2*1H. The highest BCUT2D eigenvalue weighted by molar-refractivity contribution is 5.85. The largest absolute Gasteiger partial charge is 0.461 e. The van der Waals surface area contributed by atoms with Crippen molar-refractivity contribution in [3.8, 4) is 0 Å². The maximum absolute atomic E-state index is 5.96. The molecule has 3 nitrogen and oxygen atoms in total. The van der Waals surface area contributed by atoms with E-state index in [0.29, 0.717) is 5.92 Å². The molecular formula is C16H24Cl2N2O. The number of likely N-dealkylation sites (tertiary alicyclic amines) is 1. The second kappa shape index (κ2) is 8.04. The zero-order valence-corrected chi connectivity index (χ0v) is 14.0. The Labute approximate surface area is 138 Å². The van der Waals surface area contributed by atoms with Crippen molar-refractivity contribution in [2.45, 2.75) is 26.3 Å². The lowest BCUT2D eigenvalue weighted by molar-refractivity contribution is 0.315. The molecule has 1 aromatic carbocycles. The summed E-state index contributed by atoms with van der Waals surface area (Å²) in [4.78, 5) is 2.51. The van der Waals surface area contributed by atoms with Crippen molar-refractivity contribution in [1.29, 1.82) is 0 Å². The molecule has 21 heavy (non-hydrogen) atoms. The van der Waals surface area contributed by atoms with Crippen molar-refractivity contribution in [3.63, 3.8) is 0 Å². The highest BCUT2D eigenvalue weighted by Gasteiger charge is 2.23. The van der Waals surface area contributed by atoms with E-state index in [0.717, 1.165) is 43.9 Å². The summed E-state index contributed by atoms with van der Waals surface area (Å²) >= 11 is 0. The fourth-order valence-corrected chi connectivity index (χ4v) is 3.08. The number of hydrogen-bond acceptors (Lipinski definition) is 3. The predicted molar refractivity (Wildman–Crippen MR) is 92.5 cm³/mol. The summed E-state index contributed by atoms with van der Waals surface area (Å²) in [5.41, 5.74) is 8.16. The zero-order chi connectivity index (χ0) is 13.2. The van der Waals surface area contributed by atoms with Crippen molar-refractivity contribution < 1.29 is 4.42 Å². The van der Waals surface area contributed by atoms with Gasteiger partial charge in [0, 0.05) is 30.5 Å². The summed E-state index contributed by atoms with van der Waals surface area (Å²) in [6.45, 7) is 6.25. The van der Waals surface area contributed by atoms with Gasteiger partial charge < -0.3 is 10.2 Å². The number of furan rings is 1. The molecule has 1 fully saturated rings. The molecular weight excluding hydrogens is 307 g/mol. The van der Waals surface area contributed by atoms with Crippen LogP contribution in [-0.4, -0.2) is 24.5 Å². The van der Waals surface area contributed by atoms with Crippen LogP contribution in [0.15, 0.2) is 28.7 Å². The van der Waals surface area contributed by atoms with Crippen molar-refractivity contribution >= 4 is 35.8 Å². The maximum Gasteiger partial charge on any atom is 0.134 e. The molecule has 0 bridgehead atoms. The summed E-state index contributed by atoms with van der Waals surface area (Å²) in [5.74, 6) is 1.81. The van der Waals surface area contributed by atoms with E-state index in [1.54, 1.807) is 0 Å². The lowest BCUT2D eigenvalue weighted by Gasteiger charge is -2.15. The van der Waals surface area contributed by atoms with Gasteiger partial charge in [0.25, 0.3) is 0 Å². The Balaban J connectivity index is 0.00000110. The Morgan fingerprint density at radius 3 is 2.71 bits per heavy atom. The van der Waals surface area contributed by atoms with Crippen LogP contribution in [-0.2, 0) is 13.0 Å². The molecule has 2 aromatic rings. The van der Waals surface area contributed by atoms with Gasteiger partial charge in [-0.05, 0) is 31.5 Å². The van der Waals surface area contributed by atoms with Crippen molar-refractivity contribution in [3.05, 3.63) is 35.6 Å². The highest BCUT2D eigenvalue weighted by Crippen LogP contribution is 2.29. The van der Waals surface area contributed by atoms with Gasteiger partial charge in [-0.3, -0.25) is 4.90 Å². The van der Waals surface area contributed by atoms with Crippen LogP contribution in [0.1, 0.15) is 24.7 Å². The molecule has 1 aliphatic heterocycles. The van der Waals surface area contributed by atoms with Crippen molar-refractivity contribution in [1.82, 2.24) is 4.90 Å². The number of aryl methyl sites for hydroxylation is 1. The van der Waals surface area contributed by atoms with E-state index >= 15 is 0 Å². The molecule has 1 aromatic heterocycles. The number of fused-ring (bicyclic) bond motifs is 1. The number of benzene rings is 1. The number of halogens is 2. The molecule has 1 atom stereocenters. The first-order valence-corrected chi connectivity index (χ1v) is 7.23. The molecule has 3 rings (SSSR count). The molecule has 0 spiro atoms. The van der Waals surface area contributed by atoms with Crippen LogP contribution in [0.25, 0.3) is 11.0 Å². The molecule has 1 unspecified atom stereocenters. The van der Waals surface area contributed by atoms with Crippen LogP contribution in [0.5, 0.6) is 0 Å². The topological polar surface area (TPSA) is 42.4 Å². The number of hydrogen-bond donors (Lipinski definition) is 1. The number of nitrogens with zero attached hydrogens (tertiary/aromatic N) is 1. The van der Waals surface area contributed by atoms with E-state index in [9.17, 15) is 0 Å². The van der Waals surface area contributed by atoms with Gasteiger partial charge in [0.1, 0.15) is 11.3 Å². The molecule has 2 heterocycles. The molecule has 1 saturated heterocycles. The van der Waals surface area contributed by atoms with Gasteiger partial charge in [-0.15, -0.1) is 24.8 Å². The highest BCUT2D eigenvalue weighted by atomic mass is 35.5. The lowest BCUT2D eigenvalue weighted by atomic mass is 10.1. The van der Waals surface area contributed by atoms with Crippen LogP contribution in [0, 0.1) is 5.92 Å². The number of nitrogens with two attached hydrogens (primary N) is 1. The van der Waals surface area contributed by atoms with E-state index in [1.807, 2.05) is 6.07 Å². The normalized spacial score (nSPS) is 18.5. The Morgan fingerprint density at radius 2 is 2.05 bits per heavy atom. The minimum Gasteiger partial charge on any atom is -0.461 e. The number of rotatable bonds is 4. The summed E-state index contributed by atoms with van der Waals surface area (Å²) in [6.07, 6.45) is 2.19. The molecule has 1 aliphatic rings. The zero-order valence-electron chi connectivity index (χ0n) is 12.4. The molecule has 0 saturated carbocycles. The monoisotopic (exact) mass is 330 g/mol. The fourth-order valence-electron chi connectivity index (χ4n) is 3.08. The quantitative estimate of drug-likeness (QED) is 0.930. The Hall–Kier alpha value is -0.740. The summed E-state index contributed by atoms with van der Waals surface area (Å²) in [6, 6.07) is 8.36. The Morgan fingerprint density at radius 1 is 1.29 bits per heavy atom. The minimum atomic E-state index is 0. The van der Waals surface area contributed by atoms with Crippen LogP contribution in [0.4, 0.5) is 0 Å². The maximum atomic E-state index is 5.96. The first-order chi connectivity index (χ1) is 9.31. The van der Waals surface area contributed by atoms with Crippen LogP contribution < -0.4 is 5.73 Å². The molecule has 0 radical (unpaired) electrons. The third kappa shape index (κ3) is 3.72. The van der Waals surface area contributed by atoms with Gasteiger partial charge in [0.05, 0.1) is 0 Å². The van der Waals surface area contributed by atoms with Gasteiger partial charge in [-0.25, -0.2) is 0 Å². The Kier molecular flexibility index (Phi) is 7.01. The van der Waals surface area contributed by atoms with E-state index in [4.69, 9.17) is 10.2 Å². The smallest absolute Gasteiger partial charge is 0.134 e. The third-order valence-corrected chi connectivity index (χ3v) is 4.19.